The Morgan fingerprint density at radius 2 is 2.06 bits per heavy atom. The molecule has 2 aliphatic rings. The van der Waals surface area contributed by atoms with Crippen molar-refractivity contribution >= 4 is 5.97 Å². The first-order chi connectivity index (χ1) is 8.75. The summed E-state index contributed by atoms with van der Waals surface area (Å²) < 4.78 is 10.9. The van der Waals surface area contributed by atoms with Crippen molar-refractivity contribution in [1.29, 1.82) is 0 Å². The summed E-state index contributed by atoms with van der Waals surface area (Å²) in [5.74, 6) is -0.185. The summed E-state index contributed by atoms with van der Waals surface area (Å²) in [4.78, 5) is 11.0. The van der Waals surface area contributed by atoms with Crippen molar-refractivity contribution < 1.29 is 19.4 Å². The number of aliphatic carboxylic acids is 1. The summed E-state index contributed by atoms with van der Waals surface area (Å²) in [5.41, 5.74) is 0. The first-order valence-corrected chi connectivity index (χ1v) is 6.90. The van der Waals surface area contributed by atoms with E-state index in [4.69, 9.17) is 14.6 Å². The molecule has 2 N–H and O–H groups in total. The van der Waals surface area contributed by atoms with Gasteiger partial charge in [-0.1, -0.05) is 0 Å². The molecule has 1 unspecified atom stereocenters. The van der Waals surface area contributed by atoms with E-state index in [0.29, 0.717) is 25.0 Å². The molecule has 0 aromatic heterocycles. The van der Waals surface area contributed by atoms with Gasteiger partial charge in [-0.15, -0.1) is 0 Å². The highest BCUT2D eigenvalue weighted by molar-refractivity contribution is 5.73. The van der Waals surface area contributed by atoms with Gasteiger partial charge in [0.15, 0.2) is 0 Å². The second-order valence-electron chi connectivity index (χ2n) is 5.25. The van der Waals surface area contributed by atoms with Crippen molar-refractivity contribution in [3.63, 3.8) is 0 Å². The van der Waals surface area contributed by atoms with Gasteiger partial charge in [-0.2, -0.15) is 0 Å². The molecule has 1 aliphatic heterocycles. The smallest absolute Gasteiger partial charge is 0.320 e. The Bertz CT molecular complexity index is 262. The number of carbonyl (C=O) groups is 1. The average molecular weight is 257 g/mol. The molecule has 5 heteroatoms. The Hall–Kier alpha value is -0.650. The van der Waals surface area contributed by atoms with Crippen molar-refractivity contribution in [2.24, 2.45) is 5.92 Å². The van der Waals surface area contributed by atoms with Gasteiger partial charge in [-0.3, -0.25) is 4.79 Å². The third-order valence-corrected chi connectivity index (χ3v) is 3.56. The fourth-order valence-electron chi connectivity index (χ4n) is 2.18. The molecule has 2 fully saturated rings. The van der Waals surface area contributed by atoms with E-state index in [1.807, 2.05) is 0 Å². The van der Waals surface area contributed by atoms with Gasteiger partial charge in [0, 0.05) is 32.5 Å². The maximum Gasteiger partial charge on any atom is 0.320 e. The standard InChI is InChI=1S/C13H23NO4/c15-13(16)12(14-11-1-2-11)5-8-18-9-10-3-6-17-7-4-10/h10-12,14H,1-9H2,(H,15,16). The molecule has 18 heavy (non-hydrogen) atoms. The largest absolute Gasteiger partial charge is 0.480 e. The quantitative estimate of drug-likeness (QED) is 0.636. The lowest BCUT2D eigenvalue weighted by Crippen LogP contribution is -2.39. The monoisotopic (exact) mass is 257 g/mol. The van der Waals surface area contributed by atoms with Crippen LogP contribution in [-0.2, 0) is 14.3 Å². The minimum Gasteiger partial charge on any atom is -0.480 e. The molecule has 1 aliphatic carbocycles. The summed E-state index contributed by atoms with van der Waals surface area (Å²) >= 11 is 0. The van der Waals surface area contributed by atoms with Crippen molar-refractivity contribution in [2.75, 3.05) is 26.4 Å². The second kappa shape index (κ2) is 7.07. The first kappa shape index (κ1) is 13.8. The zero-order chi connectivity index (χ0) is 12.8. The Labute approximate surface area is 108 Å². The van der Waals surface area contributed by atoms with Crippen LogP contribution >= 0.6 is 0 Å². The molecule has 104 valence electrons. The van der Waals surface area contributed by atoms with Crippen LogP contribution in [0.5, 0.6) is 0 Å². The fourth-order valence-corrected chi connectivity index (χ4v) is 2.18. The van der Waals surface area contributed by atoms with Crippen LogP contribution in [0.4, 0.5) is 0 Å². The van der Waals surface area contributed by atoms with Crippen LogP contribution in [-0.4, -0.2) is 49.6 Å². The summed E-state index contributed by atoms with van der Waals surface area (Å²) in [6, 6.07) is -0.0335. The zero-order valence-corrected chi connectivity index (χ0v) is 10.8. The van der Waals surface area contributed by atoms with Gasteiger partial charge in [0.25, 0.3) is 0 Å². The molecule has 0 spiro atoms. The summed E-state index contributed by atoms with van der Waals surface area (Å²) in [7, 11) is 0. The van der Waals surface area contributed by atoms with Crippen LogP contribution < -0.4 is 5.32 Å². The molecule has 0 aromatic rings. The van der Waals surface area contributed by atoms with Crippen LogP contribution in [0.25, 0.3) is 0 Å². The van der Waals surface area contributed by atoms with Crippen LogP contribution in [0.3, 0.4) is 0 Å². The van der Waals surface area contributed by atoms with E-state index in [-0.39, 0.29) is 0 Å². The molecule has 5 nitrogen and oxygen atoms in total. The van der Waals surface area contributed by atoms with E-state index >= 15 is 0 Å². The molecule has 0 amide bonds. The van der Waals surface area contributed by atoms with Crippen LogP contribution in [0.1, 0.15) is 32.1 Å². The predicted octanol–water partition coefficient (Wildman–Crippen LogP) is 1.02. The second-order valence-corrected chi connectivity index (χ2v) is 5.25. The molecule has 2 rings (SSSR count). The number of rotatable bonds is 8. The minimum atomic E-state index is -0.767. The molecule has 0 radical (unpaired) electrons. The normalized spacial score (nSPS) is 22.9. The highest BCUT2D eigenvalue weighted by Crippen LogP contribution is 2.20. The molecule has 1 saturated carbocycles. The lowest BCUT2D eigenvalue weighted by molar-refractivity contribution is -0.140. The van der Waals surface area contributed by atoms with E-state index in [2.05, 4.69) is 5.32 Å². The molecule has 1 saturated heterocycles. The van der Waals surface area contributed by atoms with Gasteiger partial charge in [0.1, 0.15) is 6.04 Å². The predicted molar refractivity (Wildman–Crippen MR) is 66.6 cm³/mol. The van der Waals surface area contributed by atoms with Gasteiger partial charge in [0.2, 0.25) is 0 Å². The zero-order valence-electron chi connectivity index (χ0n) is 10.8. The molecule has 1 atom stereocenters. The average Bonchev–Trinajstić information content (AvgIpc) is 3.18. The lowest BCUT2D eigenvalue weighted by Gasteiger charge is -2.22. The van der Waals surface area contributed by atoms with E-state index in [1.54, 1.807) is 0 Å². The third kappa shape index (κ3) is 4.92. The number of carboxylic acids is 1. The molecular formula is C13H23NO4. The van der Waals surface area contributed by atoms with E-state index in [9.17, 15) is 4.79 Å². The Kier molecular flexibility index (Phi) is 5.41. The van der Waals surface area contributed by atoms with Crippen molar-refractivity contribution in [3.8, 4) is 0 Å². The van der Waals surface area contributed by atoms with Crippen LogP contribution in [0.2, 0.25) is 0 Å². The number of hydrogen-bond acceptors (Lipinski definition) is 4. The Morgan fingerprint density at radius 3 is 2.67 bits per heavy atom. The maximum absolute atomic E-state index is 11.0. The van der Waals surface area contributed by atoms with Crippen molar-refractivity contribution in [1.82, 2.24) is 5.32 Å². The van der Waals surface area contributed by atoms with Crippen molar-refractivity contribution in [2.45, 2.75) is 44.2 Å². The highest BCUT2D eigenvalue weighted by Gasteiger charge is 2.27. The minimum absolute atomic E-state index is 0.418. The van der Waals surface area contributed by atoms with Gasteiger partial charge >= 0.3 is 5.97 Å². The molecule has 1 heterocycles. The SMILES string of the molecule is O=C(O)C(CCOCC1CCOCC1)NC1CC1. The van der Waals surface area contributed by atoms with Crippen LogP contribution in [0.15, 0.2) is 0 Å². The lowest BCUT2D eigenvalue weighted by atomic mass is 10.0. The van der Waals surface area contributed by atoms with E-state index in [1.165, 1.54) is 0 Å². The van der Waals surface area contributed by atoms with E-state index in [0.717, 1.165) is 45.5 Å². The number of hydrogen-bond donors (Lipinski definition) is 2. The highest BCUT2D eigenvalue weighted by atomic mass is 16.5. The molecule has 0 bridgehead atoms. The fraction of sp³-hybridized carbons (Fsp3) is 0.923. The molecular weight excluding hydrogens is 234 g/mol. The summed E-state index contributed by atoms with van der Waals surface area (Å²) in [6.45, 7) is 2.91. The number of ether oxygens (including phenoxy) is 2. The summed E-state index contributed by atoms with van der Waals surface area (Å²) in [6.07, 6.45) is 4.87. The van der Waals surface area contributed by atoms with Gasteiger partial charge in [-0.05, 0) is 38.0 Å². The number of carboxylic acid groups (broad SMARTS) is 1. The van der Waals surface area contributed by atoms with Crippen molar-refractivity contribution in [3.05, 3.63) is 0 Å². The topological polar surface area (TPSA) is 67.8 Å². The van der Waals surface area contributed by atoms with Crippen LogP contribution in [0, 0.1) is 5.92 Å². The Balaban J connectivity index is 1.55. The third-order valence-electron chi connectivity index (χ3n) is 3.56. The molecule has 0 aromatic carbocycles. The van der Waals surface area contributed by atoms with Gasteiger partial charge < -0.3 is 19.9 Å². The first-order valence-electron chi connectivity index (χ1n) is 6.90. The maximum atomic E-state index is 11.0. The van der Waals surface area contributed by atoms with Gasteiger partial charge in [-0.25, -0.2) is 0 Å². The van der Waals surface area contributed by atoms with Gasteiger partial charge in [0.05, 0.1) is 0 Å². The number of nitrogens with one attached hydrogen (secondary N) is 1. The van der Waals surface area contributed by atoms with E-state index < -0.39 is 12.0 Å². The summed E-state index contributed by atoms with van der Waals surface area (Å²) in [5, 5.41) is 12.2. The Morgan fingerprint density at radius 1 is 1.33 bits per heavy atom.